The van der Waals surface area contributed by atoms with E-state index in [9.17, 15) is 9.59 Å². The summed E-state index contributed by atoms with van der Waals surface area (Å²) in [4.78, 5) is 27.0. The molecule has 8 heteroatoms. The monoisotopic (exact) mass is 374 g/mol. The van der Waals surface area contributed by atoms with E-state index in [1.807, 2.05) is 37.3 Å². The van der Waals surface area contributed by atoms with Crippen molar-refractivity contribution >= 4 is 29.2 Å². The molecule has 0 saturated carbocycles. The number of hydrogen-bond acceptors (Lipinski definition) is 8. The molecule has 0 fully saturated rings. The maximum atomic E-state index is 12.3. The van der Waals surface area contributed by atoms with Crippen molar-refractivity contribution in [1.29, 1.82) is 0 Å². The summed E-state index contributed by atoms with van der Waals surface area (Å²) in [6.07, 6.45) is 0. The quantitative estimate of drug-likeness (QED) is 0.761. The number of nitrogens with zero attached hydrogens (tertiary/aromatic N) is 2. The van der Waals surface area contributed by atoms with Crippen molar-refractivity contribution < 1.29 is 23.8 Å². The Balaban J connectivity index is 2.06. The van der Waals surface area contributed by atoms with Crippen molar-refractivity contribution in [3.63, 3.8) is 0 Å². The van der Waals surface area contributed by atoms with Crippen LogP contribution < -0.4 is 4.90 Å². The summed E-state index contributed by atoms with van der Waals surface area (Å²) >= 11 is 1.40. The third-order valence-corrected chi connectivity index (χ3v) is 4.83. The molecule has 0 saturated heterocycles. The second-order valence-corrected chi connectivity index (χ2v) is 6.40. The van der Waals surface area contributed by atoms with Crippen LogP contribution in [-0.4, -0.2) is 43.9 Å². The van der Waals surface area contributed by atoms with Gasteiger partial charge in [-0.1, -0.05) is 12.1 Å². The summed E-state index contributed by atoms with van der Waals surface area (Å²) in [5.41, 5.74) is 2.87. The van der Waals surface area contributed by atoms with Gasteiger partial charge < -0.3 is 19.1 Å². The van der Waals surface area contributed by atoms with E-state index in [2.05, 4.69) is 4.37 Å². The fourth-order valence-electron chi connectivity index (χ4n) is 2.67. The molecule has 0 unspecified atom stereocenters. The largest absolute Gasteiger partial charge is 0.466 e. The number of carbonyl (C=O) groups is 2. The van der Waals surface area contributed by atoms with Crippen LogP contribution in [0.5, 0.6) is 0 Å². The molecule has 1 aliphatic heterocycles. The van der Waals surface area contributed by atoms with Crippen LogP contribution in [0.1, 0.15) is 5.69 Å². The minimum absolute atomic E-state index is 0.0126. The van der Waals surface area contributed by atoms with Crippen LogP contribution in [-0.2, 0) is 23.8 Å². The van der Waals surface area contributed by atoms with Crippen LogP contribution in [0.15, 0.2) is 41.6 Å². The van der Waals surface area contributed by atoms with Crippen LogP contribution in [0.4, 0.5) is 5.69 Å². The number of methoxy groups -OCH3 is 2. The normalized spacial score (nSPS) is 14.3. The zero-order chi connectivity index (χ0) is 18.7. The molecule has 0 spiro atoms. The highest BCUT2D eigenvalue weighted by molar-refractivity contribution is 7.09. The van der Waals surface area contributed by atoms with Gasteiger partial charge in [0.25, 0.3) is 0 Å². The summed E-state index contributed by atoms with van der Waals surface area (Å²) < 4.78 is 19.4. The second kappa shape index (κ2) is 7.67. The minimum atomic E-state index is -0.621. The number of hydrogen-bond donors (Lipinski definition) is 0. The van der Waals surface area contributed by atoms with Crippen LogP contribution in [0.2, 0.25) is 0 Å². The summed E-state index contributed by atoms with van der Waals surface area (Å²) in [6.45, 7) is 2.04. The fraction of sp³-hybridized carbons (Fsp3) is 0.278. The lowest BCUT2D eigenvalue weighted by Crippen LogP contribution is -2.38. The topological polar surface area (TPSA) is 78.0 Å². The zero-order valence-corrected chi connectivity index (χ0v) is 15.5. The van der Waals surface area contributed by atoms with Crippen molar-refractivity contribution in [1.82, 2.24) is 4.37 Å². The van der Waals surface area contributed by atoms with Crippen molar-refractivity contribution in [3.8, 4) is 10.4 Å². The van der Waals surface area contributed by atoms with Gasteiger partial charge in [0.1, 0.15) is 12.4 Å². The highest BCUT2D eigenvalue weighted by Crippen LogP contribution is 2.32. The van der Waals surface area contributed by atoms with Gasteiger partial charge in [-0.15, -0.1) is 0 Å². The number of aromatic nitrogens is 1. The smallest absolute Gasteiger partial charge is 0.355 e. The fourth-order valence-corrected chi connectivity index (χ4v) is 3.42. The Hall–Kier alpha value is -2.71. The summed E-state index contributed by atoms with van der Waals surface area (Å²) in [5.74, 6) is -1.24. The average Bonchev–Trinajstić information content (AvgIpc) is 3.12. The van der Waals surface area contributed by atoms with E-state index in [1.54, 1.807) is 4.90 Å². The molecule has 2 aromatic rings. The standard InChI is InChI=1S/C18H18N2O5S/c1-11-7-15(26-19-11)12-5-4-6-13(8-12)20-10-25-9-14(17(21)23-2)16(20)18(22)24-3/h4-8H,9-10H2,1-3H3. The van der Waals surface area contributed by atoms with Gasteiger partial charge in [-0.05, 0) is 42.2 Å². The molecule has 7 nitrogen and oxygen atoms in total. The number of benzene rings is 1. The summed E-state index contributed by atoms with van der Waals surface area (Å²) in [6, 6.07) is 9.59. The Labute approximate surface area is 155 Å². The first-order valence-electron chi connectivity index (χ1n) is 7.84. The van der Waals surface area contributed by atoms with Crippen molar-refractivity contribution in [3.05, 3.63) is 47.3 Å². The second-order valence-electron chi connectivity index (χ2n) is 5.60. The van der Waals surface area contributed by atoms with Gasteiger partial charge in [0.05, 0.1) is 37.0 Å². The van der Waals surface area contributed by atoms with E-state index < -0.39 is 11.9 Å². The number of aryl methyl sites for hydroxylation is 1. The zero-order valence-electron chi connectivity index (χ0n) is 14.6. The molecule has 0 N–H and O–H groups in total. The van der Waals surface area contributed by atoms with Gasteiger partial charge in [0.15, 0.2) is 0 Å². The first kappa shape index (κ1) is 18.1. The Morgan fingerprint density at radius 3 is 2.62 bits per heavy atom. The Bertz CT molecular complexity index is 874. The predicted octanol–water partition coefficient (Wildman–Crippen LogP) is 2.51. The Morgan fingerprint density at radius 1 is 1.19 bits per heavy atom. The summed E-state index contributed by atoms with van der Waals surface area (Å²) in [7, 11) is 2.53. The lowest BCUT2D eigenvalue weighted by Gasteiger charge is -2.31. The van der Waals surface area contributed by atoms with Crippen LogP contribution in [0.25, 0.3) is 10.4 Å². The van der Waals surface area contributed by atoms with E-state index in [0.717, 1.165) is 16.1 Å². The molecule has 2 heterocycles. The number of carbonyl (C=O) groups excluding carboxylic acids is 2. The number of anilines is 1. The Morgan fingerprint density at radius 2 is 1.96 bits per heavy atom. The van der Waals surface area contributed by atoms with E-state index in [-0.39, 0.29) is 24.6 Å². The SMILES string of the molecule is COC(=O)C1=C(C(=O)OC)N(c2cccc(-c3cc(C)ns3)c2)COC1. The van der Waals surface area contributed by atoms with Gasteiger partial charge in [-0.25, -0.2) is 9.59 Å². The maximum Gasteiger partial charge on any atom is 0.355 e. The van der Waals surface area contributed by atoms with E-state index >= 15 is 0 Å². The van der Waals surface area contributed by atoms with Crippen molar-refractivity contribution in [2.24, 2.45) is 0 Å². The number of esters is 2. The van der Waals surface area contributed by atoms with Gasteiger partial charge in [0.2, 0.25) is 0 Å². The molecule has 136 valence electrons. The molecule has 0 bridgehead atoms. The third kappa shape index (κ3) is 3.47. The first-order chi connectivity index (χ1) is 12.5. The molecule has 26 heavy (non-hydrogen) atoms. The predicted molar refractivity (Wildman–Crippen MR) is 96.6 cm³/mol. The van der Waals surface area contributed by atoms with Gasteiger partial charge in [0, 0.05) is 5.69 Å². The molecule has 3 rings (SSSR count). The van der Waals surface area contributed by atoms with Gasteiger partial charge in [-0.3, -0.25) is 0 Å². The molecule has 1 aromatic carbocycles. The maximum absolute atomic E-state index is 12.3. The number of ether oxygens (including phenoxy) is 3. The number of rotatable bonds is 4. The van der Waals surface area contributed by atoms with E-state index in [0.29, 0.717) is 5.69 Å². The molecule has 0 atom stereocenters. The van der Waals surface area contributed by atoms with E-state index in [1.165, 1.54) is 25.8 Å². The van der Waals surface area contributed by atoms with Crippen molar-refractivity contribution in [2.45, 2.75) is 6.92 Å². The lowest BCUT2D eigenvalue weighted by atomic mass is 10.1. The molecule has 0 radical (unpaired) electrons. The van der Waals surface area contributed by atoms with Crippen LogP contribution >= 0.6 is 11.5 Å². The van der Waals surface area contributed by atoms with Crippen LogP contribution in [0, 0.1) is 6.92 Å². The van der Waals surface area contributed by atoms with Gasteiger partial charge >= 0.3 is 11.9 Å². The molecule has 0 amide bonds. The third-order valence-electron chi connectivity index (χ3n) is 3.90. The summed E-state index contributed by atoms with van der Waals surface area (Å²) in [5, 5.41) is 0. The Kier molecular flexibility index (Phi) is 5.34. The van der Waals surface area contributed by atoms with Gasteiger partial charge in [-0.2, -0.15) is 4.37 Å². The molecule has 1 aromatic heterocycles. The van der Waals surface area contributed by atoms with Crippen molar-refractivity contribution in [2.75, 3.05) is 32.5 Å². The molecular formula is C18H18N2O5S. The molecular weight excluding hydrogens is 356 g/mol. The first-order valence-corrected chi connectivity index (χ1v) is 8.61. The minimum Gasteiger partial charge on any atom is -0.466 e. The lowest BCUT2D eigenvalue weighted by molar-refractivity contribution is -0.140. The highest BCUT2D eigenvalue weighted by atomic mass is 32.1. The molecule has 1 aliphatic rings. The van der Waals surface area contributed by atoms with E-state index in [4.69, 9.17) is 14.2 Å². The average molecular weight is 374 g/mol. The molecule has 0 aliphatic carbocycles. The van der Waals surface area contributed by atoms with Crippen LogP contribution in [0.3, 0.4) is 0 Å². The highest BCUT2D eigenvalue weighted by Gasteiger charge is 2.32.